The molecule has 0 spiro atoms. The summed E-state index contributed by atoms with van der Waals surface area (Å²) >= 11 is 0. The fourth-order valence-corrected chi connectivity index (χ4v) is 3.55. The highest BCUT2D eigenvalue weighted by Crippen LogP contribution is 2.25. The van der Waals surface area contributed by atoms with Gasteiger partial charge in [-0.25, -0.2) is 5.48 Å². The molecule has 8 nitrogen and oxygen atoms in total. The molecular weight excluding hydrogens is 326 g/mol. The molecule has 142 valence electrons. The van der Waals surface area contributed by atoms with Crippen LogP contribution in [0.3, 0.4) is 0 Å². The van der Waals surface area contributed by atoms with Crippen molar-refractivity contribution in [2.24, 2.45) is 5.92 Å². The third kappa shape index (κ3) is 5.15. The molecule has 2 heterocycles. The molecule has 0 aliphatic carbocycles. The van der Waals surface area contributed by atoms with Crippen LogP contribution in [0.25, 0.3) is 0 Å². The van der Waals surface area contributed by atoms with Crippen molar-refractivity contribution in [2.75, 3.05) is 32.8 Å². The number of morpholine rings is 1. The number of carbonyl (C=O) groups excluding carboxylic acids is 3. The molecule has 2 aliphatic rings. The molecule has 0 unspecified atom stereocenters. The fourth-order valence-electron chi connectivity index (χ4n) is 3.55. The van der Waals surface area contributed by atoms with Crippen molar-refractivity contribution in [3.63, 3.8) is 0 Å². The Hall–Kier alpha value is -1.67. The first-order chi connectivity index (χ1) is 12.1. The van der Waals surface area contributed by atoms with E-state index in [1.54, 1.807) is 15.3 Å². The van der Waals surface area contributed by atoms with E-state index < -0.39 is 17.9 Å². The van der Waals surface area contributed by atoms with Crippen LogP contribution < -0.4 is 5.48 Å². The van der Waals surface area contributed by atoms with Crippen LogP contribution >= 0.6 is 0 Å². The van der Waals surface area contributed by atoms with Gasteiger partial charge in [0.15, 0.2) is 0 Å². The van der Waals surface area contributed by atoms with Crippen molar-refractivity contribution in [3.8, 4) is 0 Å². The Balaban J connectivity index is 2.05. The highest BCUT2D eigenvalue weighted by molar-refractivity contribution is 5.91. The van der Waals surface area contributed by atoms with E-state index in [0.717, 1.165) is 19.3 Å². The van der Waals surface area contributed by atoms with E-state index >= 15 is 0 Å². The first-order valence-corrected chi connectivity index (χ1v) is 9.18. The van der Waals surface area contributed by atoms with Gasteiger partial charge in [-0.1, -0.05) is 19.8 Å². The molecule has 2 N–H and O–H groups in total. The number of hydrogen-bond donors (Lipinski definition) is 2. The summed E-state index contributed by atoms with van der Waals surface area (Å²) < 4.78 is 5.28. The van der Waals surface area contributed by atoms with E-state index in [4.69, 9.17) is 9.94 Å². The van der Waals surface area contributed by atoms with Crippen LogP contribution in [0.15, 0.2) is 0 Å². The number of hydrogen-bond acceptors (Lipinski definition) is 5. The summed E-state index contributed by atoms with van der Waals surface area (Å²) in [5.74, 6) is -1.23. The number of nitrogens with one attached hydrogen (secondary N) is 1. The summed E-state index contributed by atoms with van der Waals surface area (Å²) in [5, 5.41) is 8.77. The molecule has 0 radical (unpaired) electrons. The molecule has 2 atom stereocenters. The van der Waals surface area contributed by atoms with Gasteiger partial charge in [0, 0.05) is 32.0 Å². The maximum atomic E-state index is 13.0. The predicted octanol–water partition coefficient (Wildman–Crippen LogP) is 0.538. The SMILES string of the molecule is CCCC[C@H](CC(=O)NO)C(=O)N1CCC[C@H]1C(=O)N1CCOCC1. The quantitative estimate of drug-likeness (QED) is 0.513. The van der Waals surface area contributed by atoms with E-state index in [1.165, 1.54) is 0 Å². The average molecular weight is 355 g/mol. The second-order valence-electron chi connectivity index (χ2n) is 6.71. The van der Waals surface area contributed by atoms with Crippen molar-refractivity contribution in [1.29, 1.82) is 0 Å². The van der Waals surface area contributed by atoms with Gasteiger partial charge in [-0.15, -0.1) is 0 Å². The molecule has 25 heavy (non-hydrogen) atoms. The Morgan fingerprint density at radius 2 is 1.96 bits per heavy atom. The van der Waals surface area contributed by atoms with Gasteiger partial charge >= 0.3 is 0 Å². The second kappa shape index (κ2) is 9.72. The van der Waals surface area contributed by atoms with Crippen molar-refractivity contribution >= 4 is 17.7 Å². The molecule has 0 aromatic rings. The number of likely N-dealkylation sites (tertiary alicyclic amines) is 1. The van der Waals surface area contributed by atoms with Crippen LogP contribution in [-0.4, -0.2) is 71.6 Å². The van der Waals surface area contributed by atoms with Gasteiger partial charge < -0.3 is 14.5 Å². The van der Waals surface area contributed by atoms with Gasteiger partial charge in [0.1, 0.15) is 6.04 Å². The first kappa shape index (κ1) is 19.7. The molecule has 0 aromatic heterocycles. The van der Waals surface area contributed by atoms with Crippen LogP contribution in [0.5, 0.6) is 0 Å². The molecule has 0 aromatic carbocycles. The molecule has 3 amide bonds. The summed E-state index contributed by atoms with van der Waals surface area (Å²) in [4.78, 5) is 40.7. The molecule has 2 aliphatic heterocycles. The Kier molecular flexibility index (Phi) is 7.64. The van der Waals surface area contributed by atoms with E-state index in [1.807, 2.05) is 6.92 Å². The third-order valence-corrected chi connectivity index (χ3v) is 4.96. The highest BCUT2D eigenvalue weighted by atomic mass is 16.5. The molecule has 2 fully saturated rings. The van der Waals surface area contributed by atoms with Crippen LogP contribution in [0.2, 0.25) is 0 Å². The molecule has 0 bridgehead atoms. The van der Waals surface area contributed by atoms with Gasteiger partial charge in [0.05, 0.1) is 13.2 Å². The topological polar surface area (TPSA) is 99.2 Å². The minimum atomic E-state index is -0.565. The normalized spacial score (nSPS) is 21.9. The lowest BCUT2D eigenvalue weighted by Crippen LogP contribution is -2.52. The lowest BCUT2D eigenvalue weighted by molar-refractivity contribution is -0.149. The summed E-state index contributed by atoms with van der Waals surface area (Å²) in [7, 11) is 0. The van der Waals surface area contributed by atoms with Crippen molar-refractivity contribution in [3.05, 3.63) is 0 Å². The Morgan fingerprint density at radius 3 is 2.60 bits per heavy atom. The Morgan fingerprint density at radius 1 is 1.24 bits per heavy atom. The van der Waals surface area contributed by atoms with Crippen LogP contribution in [0.1, 0.15) is 45.4 Å². The second-order valence-corrected chi connectivity index (χ2v) is 6.71. The van der Waals surface area contributed by atoms with Crippen molar-refractivity contribution in [1.82, 2.24) is 15.3 Å². The maximum Gasteiger partial charge on any atom is 0.245 e. The average Bonchev–Trinajstić information content (AvgIpc) is 3.14. The lowest BCUT2D eigenvalue weighted by Gasteiger charge is -2.33. The molecular formula is C17H29N3O5. The number of carbonyl (C=O) groups is 3. The monoisotopic (exact) mass is 355 g/mol. The molecule has 8 heteroatoms. The van der Waals surface area contributed by atoms with E-state index in [2.05, 4.69) is 0 Å². The standard InChI is InChI=1S/C17H29N3O5/c1-2-3-5-13(12-15(21)18-24)16(22)20-7-4-6-14(20)17(23)19-8-10-25-11-9-19/h13-14,24H,2-12H2,1H3,(H,18,21)/t13-,14+/m1/s1. The molecule has 2 saturated heterocycles. The van der Waals surface area contributed by atoms with Crippen LogP contribution in [0.4, 0.5) is 0 Å². The fraction of sp³-hybridized carbons (Fsp3) is 0.824. The Bertz CT molecular complexity index is 479. The maximum absolute atomic E-state index is 13.0. The zero-order valence-corrected chi connectivity index (χ0v) is 14.9. The van der Waals surface area contributed by atoms with Crippen LogP contribution in [0, 0.1) is 5.92 Å². The van der Waals surface area contributed by atoms with Crippen molar-refractivity contribution < 1.29 is 24.3 Å². The van der Waals surface area contributed by atoms with Crippen LogP contribution in [-0.2, 0) is 19.1 Å². The summed E-state index contributed by atoms with van der Waals surface area (Å²) in [6.45, 7) is 4.74. The predicted molar refractivity (Wildman–Crippen MR) is 89.7 cm³/mol. The van der Waals surface area contributed by atoms with Gasteiger partial charge in [-0.05, 0) is 19.3 Å². The summed E-state index contributed by atoms with van der Waals surface area (Å²) in [6, 6.07) is -0.438. The van der Waals surface area contributed by atoms with Gasteiger partial charge in [-0.3, -0.25) is 19.6 Å². The Labute approximate surface area is 148 Å². The number of amides is 3. The minimum Gasteiger partial charge on any atom is -0.378 e. The number of ether oxygens (including phenoxy) is 1. The van der Waals surface area contributed by atoms with E-state index in [9.17, 15) is 14.4 Å². The minimum absolute atomic E-state index is 0.0185. The number of unbranched alkanes of at least 4 members (excludes halogenated alkanes) is 1. The third-order valence-electron chi connectivity index (χ3n) is 4.96. The molecule has 0 saturated carbocycles. The van der Waals surface area contributed by atoms with Crippen molar-refractivity contribution in [2.45, 2.75) is 51.5 Å². The smallest absolute Gasteiger partial charge is 0.245 e. The highest BCUT2D eigenvalue weighted by Gasteiger charge is 2.39. The van der Waals surface area contributed by atoms with Gasteiger partial charge in [-0.2, -0.15) is 0 Å². The zero-order valence-electron chi connectivity index (χ0n) is 14.9. The number of nitrogens with zero attached hydrogens (tertiary/aromatic N) is 2. The number of hydroxylamine groups is 1. The largest absolute Gasteiger partial charge is 0.378 e. The summed E-state index contributed by atoms with van der Waals surface area (Å²) in [5.41, 5.74) is 1.60. The van der Waals surface area contributed by atoms with Gasteiger partial charge in [0.25, 0.3) is 0 Å². The number of rotatable bonds is 7. The first-order valence-electron chi connectivity index (χ1n) is 9.18. The van der Waals surface area contributed by atoms with E-state index in [-0.39, 0.29) is 18.2 Å². The zero-order chi connectivity index (χ0) is 18.2. The van der Waals surface area contributed by atoms with E-state index in [0.29, 0.717) is 45.7 Å². The molecule has 2 rings (SSSR count). The summed E-state index contributed by atoms with van der Waals surface area (Å²) in [6.07, 6.45) is 3.72. The van der Waals surface area contributed by atoms with Gasteiger partial charge in [0.2, 0.25) is 17.7 Å². The lowest BCUT2D eigenvalue weighted by atomic mass is 9.96.